The van der Waals surface area contributed by atoms with Gasteiger partial charge in [-0.1, -0.05) is 22.0 Å². The van der Waals surface area contributed by atoms with Gasteiger partial charge in [-0.2, -0.15) is 5.10 Å². The van der Waals surface area contributed by atoms with Crippen LogP contribution >= 0.6 is 38.5 Å². The Morgan fingerprint density at radius 3 is 2.91 bits per heavy atom. The van der Waals surface area contributed by atoms with Crippen molar-refractivity contribution in [2.75, 3.05) is 6.61 Å². The maximum Gasteiger partial charge on any atom is 0.271 e. The summed E-state index contributed by atoms with van der Waals surface area (Å²) in [4.78, 5) is 12.0. The molecule has 0 aliphatic heterocycles. The van der Waals surface area contributed by atoms with Crippen LogP contribution < -0.4 is 10.2 Å². The second-order valence-electron chi connectivity index (χ2n) is 4.49. The minimum atomic E-state index is -0.305. The fraction of sp³-hybridized carbons (Fsp3) is 0.125. The van der Waals surface area contributed by atoms with Crippen molar-refractivity contribution in [3.63, 3.8) is 0 Å². The van der Waals surface area contributed by atoms with Gasteiger partial charge in [0.05, 0.1) is 16.4 Å². The van der Waals surface area contributed by atoms with E-state index in [9.17, 15) is 9.90 Å². The molecular weight excluding hydrogens is 475 g/mol. The summed E-state index contributed by atoms with van der Waals surface area (Å²) in [5.41, 5.74) is 3.68. The summed E-state index contributed by atoms with van der Waals surface area (Å²) in [6, 6.07) is 10.4. The SMILES string of the molecule is CCOc1cc(/C=N/NC(=O)c2cccc(Br)c2)cc(I)c1O. The Balaban J connectivity index is 2.10. The van der Waals surface area contributed by atoms with Crippen molar-refractivity contribution in [2.24, 2.45) is 5.10 Å². The Bertz CT molecular complexity index is 750. The van der Waals surface area contributed by atoms with Gasteiger partial charge in [-0.15, -0.1) is 0 Å². The van der Waals surface area contributed by atoms with Crippen LogP contribution in [-0.4, -0.2) is 23.8 Å². The minimum Gasteiger partial charge on any atom is -0.504 e. The van der Waals surface area contributed by atoms with Crippen molar-refractivity contribution < 1.29 is 14.6 Å². The van der Waals surface area contributed by atoms with Crippen molar-refractivity contribution in [3.05, 3.63) is 55.6 Å². The molecule has 0 aromatic heterocycles. The summed E-state index contributed by atoms with van der Waals surface area (Å²) in [6.45, 7) is 2.29. The molecule has 1 amide bonds. The summed E-state index contributed by atoms with van der Waals surface area (Å²) in [5, 5.41) is 13.8. The van der Waals surface area contributed by atoms with Crippen LogP contribution in [0.4, 0.5) is 0 Å². The van der Waals surface area contributed by atoms with Crippen LogP contribution in [0.3, 0.4) is 0 Å². The molecule has 23 heavy (non-hydrogen) atoms. The fourth-order valence-corrected chi connectivity index (χ4v) is 2.82. The molecule has 2 aromatic carbocycles. The number of carbonyl (C=O) groups excluding carboxylic acids is 1. The molecule has 120 valence electrons. The zero-order chi connectivity index (χ0) is 16.8. The monoisotopic (exact) mass is 488 g/mol. The quantitative estimate of drug-likeness (QED) is 0.380. The van der Waals surface area contributed by atoms with Crippen molar-refractivity contribution in [1.82, 2.24) is 5.43 Å². The fourth-order valence-electron chi connectivity index (χ4n) is 1.79. The van der Waals surface area contributed by atoms with E-state index in [0.717, 1.165) is 4.47 Å². The lowest BCUT2D eigenvalue weighted by atomic mass is 10.2. The lowest BCUT2D eigenvalue weighted by Gasteiger charge is -2.08. The average molecular weight is 489 g/mol. The smallest absolute Gasteiger partial charge is 0.271 e. The van der Waals surface area contributed by atoms with E-state index >= 15 is 0 Å². The average Bonchev–Trinajstić information content (AvgIpc) is 2.52. The van der Waals surface area contributed by atoms with Crippen molar-refractivity contribution >= 4 is 50.6 Å². The summed E-state index contributed by atoms with van der Waals surface area (Å²) in [7, 11) is 0. The van der Waals surface area contributed by atoms with Gasteiger partial charge >= 0.3 is 0 Å². The third-order valence-corrected chi connectivity index (χ3v) is 4.13. The number of ether oxygens (including phenoxy) is 1. The van der Waals surface area contributed by atoms with Crippen LogP contribution in [0.5, 0.6) is 11.5 Å². The predicted molar refractivity (Wildman–Crippen MR) is 101 cm³/mol. The second-order valence-corrected chi connectivity index (χ2v) is 6.57. The summed E-state index contributed by atoms with van der Waals surface area (Å²) in [6.07, 6.45) is 1.50. The van der Waals surface area contributed by atoms with Crippen molar-refractivity contribution in [1.29, 1.82) is 0 Å². The molecule has 0 radical (unpaired) electrons. The van der Waals surface area contributed by atoms with Crippen LogP contribution in [0.1, 0.15) is 22.8 Å². The molecule has 2 N–H and O–H groups in total. The molecule has 2 rings (SSSR count). The number of carbonyl (C=O) groups is 1. The van der Waals surface area contributed by atoms with Crippen molar-refractivity contribution in [2.45, 2.75) is 6.92 Å². The third-order valence-electron chi connectivity index (χ3n) is 2.82. The highest BCUT2D eigenvalue weighted by molar-refractivity contribution is 14.1. The van der Waals surface area contributed by atoms with Gasteiger partial charge in [0.2, 0.25) is 0 Å². The van der Waals surface area contributed by atoms with E-state index in [2.05, 4.69) is 26.5 Å². The molecule has 0 spiro atoms. The Hall–Kier alpha value is -1.61. The number of hydrogen-bond acceptors (Lipinski definition) is 4. The Labute approximate surface area is 156 Å². The summed E-state index contributed by atoms with van der Waals surface area (Å²) in [5.74, 6) is 0.183. The zero-order valence-corrected chi connectivity index (χ0v) is 16.0. The predicted octanol–water partition coefficient (Wildman–Crippen LogP) is 3.92. The Kier molecular flexibility index (Phi) is 6.40. The highest BCUT2D eigenvalue weighted by Crippen LogP contribution is 2.32. The van der Waals surface area contributed by atoms with Gasteiger partial charge in [-0.25, -0.2) is 5.43 Å². The third kappa shape index (κ3) is 4.93. The topological polar surface area (TPSA) is 70.9 Å². The maximum absolute atomic E-state index is 12.0. The van der Waals surface area contributed by atoms with Gasteiger partial charge in [0.1, 0.15) is 0 Å². The van der Waals surface area contributed by atoms with Crippen LogP contribution in [0.15, 0.2) is 46.0 Å². The molecule has 2 aromatic rings. The second kappa shape index (κ2) is 8.30. The number of phenolic OH excluding ortho intramolecular Hbond substituents is 1. The number of hydrogen-bond donors (Lipinski definition) is 2. The highest BCUT2D eigenvalue weighted by atomic mass is 127. The first-order valence-corrected chi connectivity index (χ1v) is 8.62. The van der Waals surface area contributed by atoms with E-state index in [1.54, 1.807) is 30.3 Å². The summed E-state index contributed by atoms with van der Waals surface area (Å²) >= 11 is 5.32. The number of aromatic hydroxyl groups is 1. The number of halogens is 2. The Morgan fingerprint density at radius 2 is 2.22 bits per heavy atom. The number of nitrogens with zero attached hydrogens (tertiary/aromatic N) is 1. The molecule has 0 bridgehead atoms. The van der Waals surface area contributed by atoms with Crippen LogP contribution in [0, 0.1) is 3.57 Å². The van der Waals surface area contributed by atoms with E-state index in [1.165, 1.54) is 6.21 Å². The highest BCUT2D eigenvalue weighted by Gasteiger charge is 2.08. The zero-order valence-electron chi connectivity index (χ0n) is 12.2. The molecule has 0 fully saturated rings. The number of rotatable bonds is 5. The summed E-state index contributed by atoms with van der Waals surface area (Å²) < 4.78 is 6.83. The number of amides is 1. The van der Waals surface area contributed by atoms with Gasteiger partial charge in [0.15, 0.2) is 11.5 Å². The largest absolute Gasteiger partial charge is 0.504 e. The van der Waals surface area contributed by atoms with E-state index in [-0.39, 0.29) is 11.7 Å². The molecule has 0 atom stereocenters. The molecule has 0 saturated carbocycles. The normalized spacial score (nSPS) is 10.7. The first-order valence-electron chi connectivity index (χ1n) is 6.75. The molecule has 0 heterocycles. The van der Waals surface area contributed by atoms with Crippen LogP contribution in [0.25, 0.3) is 0 Å². The van der Waals surface area contributed by atoms with Gasteiger partial charge in [-0.3, -0.25) is 4.79 Å². The van der Waals surface area contributed by atoms with Gasteiger partial charge in [0.25, 0.3) is 5.91 Å². The molecular formula is C16H14BrIN2O3. The number of benzene rings is 2. The molecule has 0 aliphatic rings. The molecule has 0 aliphatic carbocycles. The van der Waals surface area contributed by atoms with Crippen LogP contribution in [-0.2, 0) is 0 Å². The molecule has 7 heteroatoms. The molecule has 0 unspecified atom stereocenters. The molecule has 5 nitrogen and oxygen atoms in total. The van der Waals surface area contributed by atoms with Gasteiger partial charge in [0, 0.05) is 10.0 Å². The minimum absolute atomic E-state index is 0.0998. The van der Waals surface area contributed by atoms with Crippen LogP contribution in [0.2, 0.25) is 0 Å². The van der Waals surface area contributed by atoms with Gasteiger partial charge in [-0.05, 0) is 65.4 Å². The lowest BCUT2D eigenvalue weighted by Crippen LogP contribution is -2.17. The Morgan fingerprint density at radius 1 is 1.43 bits per heavy atom. The standard InChI is InChI=1S/C16H14BrIN2O3/c1-2-23-14-7-10(6-13(18)15(14)21)9-19-20-16(22)11-4-3-5-12(17)8-11/h3-9,21H,2H2,1H3,(H,20,22)/b19-9+. The first kappa shape index (κ1) is 17.7. The van der Waals surface area contributed by atoms with Gasteiger partial charge < -0.3 is 9.84 Å². The lowest BCUT2D eigenvalue weighted by molar-refractivity contribution is 0.0955. The number of hydrazone groups is 1. The van der Waals surface area contributed by atoms with E-state index in [4.69, 9.17) is 4.74 Å². The van der Waals surface area contributed by atoms with E-state index in [1.807, 2.05) is 35.6 Å². The first-order chi connectivity index (χ1) is 11.0. The number of nitrogens with one attached hydrogen (secondary N) is 1. The number of phenols is 1. The van der Waals surface area contributed by atoms with E-state index < -0.39 is 0 Å². The van der Waals surface area contributed by atoms with Crippen molar-refractivity contribution in [3.8, 4) is 11.5 Å². The van der Waals surface area contributed by atoms with E-state index in [0.29, 0.717) is 27.1 Å². The maximum atomic E-state index is 12.0. The molecule has 0 saturated heterocycles.